The lowest BCUT2D eigenvalue weighted by Gasteiger charge is -2.04. The van der Waals surface area contributed by atoms with Gasteiger partial charge in [0.25, 0.3) is 5.56 Å². The van der Waals surface area contributed by atoms with Crippen LogP contribution in [0.1, 0.15) is 18.4 Å². The van der Waals surface area contributed by atoms with Crippen LogP contribution >= 0.6 is 11.3 Å². The Balaban J connectivity index is 2.17. The van der Waals surface area contributed by atoms with Gasteiger partial charge in [0.05, 0.1) is 19.0 Å². The number of aromatic nitrogens is 2. The van der Waals surface area contributed by atoms with Crippen molar-refractivity contribution in [2.45, 2.75) is 26.3 Å². The molecular formula is C12H14N2O3S. The van der Waals surface area contributed by atoms with Gasteiger partial charge in [0, 0.05) is 13.0 Å². The Morgan fingerprint density at radius 1 is 1.56 bits per heavy atom. The molecule has 0 atom stereocenters. The number of carbonyl (C=O) groups excluding carboxylic acids is 1. The molecule has 0 spiro atoms. The first kappa shape index (κ1) is 12.8. The van der Waals surface area contributed by atoms with Crippen LogP contribution in [-0.4, -0.2) is 22.6 Å². The number of methoxy groups -OCH3 is 1. The summed E-state index contributed by atoms with van der Waals surface area (Å²) in [6.07, 6.45) is 2.43. The second-order valence-electron chi connectivity index (χ2n) is 4.02. The first-order valence-electron chi connectivity index (χ1n) is 5.63. The number of rotatable bonds is 4. The summed E-state index contributed by atoms with van der Waals surface area (Å²) in [7, 11) is 1.36. The van der Waals surface area contributed by atoms with E-state index in [-0.39, 0.29) is 11.5 Å². The number of ether oxygens (including phenoxy) is 1. The normalized spacial score (nSPS) is 10.8. The van der Waals surface area contributed by atoms with Crippen LogP contribution in [0.3, 0.4) is 0 Å². The minimum atomic E-state index is -0.260. The Hall–Kier alpha value is -1.69. The molecule has 0 unspecified atom stereocenters. The standard InChI is InChI=1S/C12H14N2O3S/c1-8-6-18-11-10(8)13-7-14(12(11)16)5-3-4-9(15)17-2/h6-7H,3-5H2,1-2H3. The number of esters is 1. The average molecular weight is 266 g/mol. The van der Waals surface area contributed by atoms with Crippen LogP contribution in [0.5, 0.6) is 0 Å². The molecular weight excluding hydrogens is 252 g/mol. The van der Waals surface area contributed by atoms with Gasteiger partial charge in [-0.1, -0.05) is 0 Å². The summed E-state index contributed by atoms with van der Waals surface area (Å²) in [4.78, 5) is 27.4. The van der Waals surface area contributed by atoms with Crippen LogP contribution in [0, 0.1) is 6.92 Å². The van der Waals surface area contributed by atoms with E-state index in [2.05, 4.69) is 9.72 Å². The zero-order valence-corrected chi connectivity index (χ0v) is 11.1. The van der Waals surface area contributed by atoms with Crippen molar-refractivity contribution in [2.24, 2.45) is 0 Å². The fourth-order valence-corrected chi connectivity index (χ4v) is 2.67. The van der Waals surface area contributed by atoms with Crippen LogP contribution < -0.4 is 5.56 Å². The maximum atomic E-state index is 12.1. The predicted octanol–water partition coefficient (Wildman–Crippen LogP) is 1.72. The van der Waals surface area contributed by atoms with E-state index in [1.807, 2.05) is 12.3 Å². The predicted molar refractivity (Wildman–Crippen MR) is 69.9 cm³/mol. The molecule has 2 rings (SSSR count). The molecule has 0 aliphatic carbocycles. The maximum absolute atomic E-state index is 12.1. The molecule has 2 aromatic heterocycles. The van der Waals surface area contributed by atoms with Gasteiger partial charge in [0.15, 0.2) is 0 Å². The summed E-state index contributed by atoms with van der Waals surface area (Å²) in [6, 6.07) is 0. The minimum Gasteiger partial charge on any atom is -0.469 e. The summed E-state index contributed by atoms with van der Waals surface area (Å²) in [6.45, 7) is 2.42. The molecule has 6 heteroatoms. The molecule has 0 aliphatic heterocycles. The molecule has 96 valence electrons. The maximum Gasteiger partial charge on any atom is 0.305 e. The van der Waals surface area contributed by atoms with Gasteiger partial charge in [-0.25, -0.2) is 4.98 Å². The summed E-state index contributed by atoms with van der Waals surface area (Å²) in [5.74, 6) is -0.260. The number of fused-ring (bicyclic) bond motifs is 1. The molecule has 18 heavy (non-hydrogen) atoms. The van der Waals surface area contributed by atoms with Gasteiger partial charge >= 0.3 is 5.97 Å². The quantitative estimate of drug-likeness (QED) is 0.790. The molecule has 0 bridgehead atoms. The zero-order valence-electron chi connectivity index (χ0n) is 10.3. The van der Waals surface area contributed by atoms with Gasteiger partial charge in [0.2, 0.25) is 0 Å². The van der Waals surface area contributed by atoms with Crippen molar-refractivity contribution in [3.63, 3.8) is 0 Å². The molecule has 0 N–H and O–H groups in total. The summed E-state index contributed by atoms with van der Waals surface area (Å²) >= 11 is 1.41. The lowest BCUT2D eigenvalue weighted by Crippen LogP contribution is -2.20. The van der Waals surface area contributed by atoms with Gasteiger partial charge in [-0.05, 0) is 24.3 Å². The SMILES string of the molecule is COC(=O)CCCn1cnc2c(C)csc2c1=O. The van der Waals surface area contributed by atoms with Crippen molar-refractivity contribution in [3.8, 4) is 0 Å². The molecule has 0 amide bonds. The van der Waals surface area contributed by atoms with Crippen LogP contribution in [0.4, 0.5) is 0 Å². The highest BCUT2D eigenvalue weighted by Crippen LogP contribution is 2.19. The lowest BCUT2D eigenvalue weighted by atomic mass is 10.3. The number of carbonyl (C=O) groups is 1. The molecule has 0 saturated carbocycles. The van der Waals surface area contributed by atoms with Crippen molar-refractivity contribution in [2.75, 3.05) is 7.11 Å². The number of hydrogen-bond acceptors (Lipinski definition) is 5. The summed E-state index contributed by atoms with van der Waals surface area (Å²) in [5, 5.41) is 1.93. The third-order valence-electron chi connectivity index (χ3n) is 2.73. The Morgan fingerprint density at radius 3 is 3.06 bits per heavy atom. The van der Waals surface area contributed by atoms with Crippen molar-refractivity contribution in [1.82, 2.24) is 9.55 Å². The van der Waals surface area contributed by atoms with Gasteiger partial charge in [-0.2, -0.15) is 0 Å². The van der Waals surface area contributed by atoms with Crippen molar-refractivity contribution in [3.05, 3.63) is 27.6 Å². The Bertz CT molecular complexity index is 630. The van der Waals surface area contributed by atoms with Crippen molar-refractivity contribution in [1.29, 1.82) is 0 Å². The minimum absolute atomic E-state index is 0.0389. The van der Waals surface area contributed by atoms with Crippen LogP contribution in [0.15, 0.2) is 16.5 Å². The summed E-state index contributed by atoms with van der Waals surface area (Å²) < 4.78 is 6.77. The van der Waals surface area contributed by atoms with E-state index in [1.54, 1.807) is 10.9 Å². The second kappa shape index (κ2) is 5.30. The van der Waals surface area contributed by atoms with Gasteiger partial charge in [-0.15, -0.1) is 11.3 Å². The number of hydrogen-bond donors (Lipinski definition) is 0. The fourth-order valence-electron chi connectivity index (χ4n) is 1.72. The van der Waals surface area contributed by atoms with Crippen LogP contribution in [-0.2, 0) is 16.1 Å². The molecule has 2 heterocycles. The van der Waals surface area contributed by atoms with E-state index in [0.29, 0.717) is 24.1 Å². The smallest absolute Gasteiger partial charge is 0.305 e. The fraction of sp³-hybridized carbons (Fsp3) is 0.417. The van der Waals surface area contributed by atoms with E-state index in [0.717, 1.165) is 11.1 Å². The topological polar surface area (TPSA) is 61.2 Å². The lowest BCUT2D eigenvalue weighted by molar-refractivity contribution is -0.140. The molecule has 0 fully saturated rings. The number of thiophene rings is 1. The van der Waals surface area contributed by atoms with Gasteiger partial charge in [-0.3, -0.25) is 14.2 Å². The Labute approximate surface area is 108 Å². The van der Waals surface area contributed by atoms with Crippen LogP contribution in [0.25, 0.3) is 10.2 Å². The Morgan fingerprint density at radius 2 is 2.33 bits per heavy atom. The highest BCUT2D eigenvalue weighted by atomic mass is 32.1. The van der Waals surface area contributed by atoms with E-state index in [9.17, 15) is 9.59 Å². The third kappa shape index (κ3) is 2.43. The van der Waals surface area contributed by atoms with E-state index in [4.69, 9.17) is 0 Å². The Kier molecular flexibility index (Phi) is 3.76. The molecule has 0 aromatic carbocycles. The number of aryl methyl sites for hydroxylation is 2. The molecule has 5 nitrogen and oxygen atoms in total. The van der Waals surface area contributed by atoms with E-state index >= 15 is 0 Å². The number of nitrogens with zero attached hydrogens (tertiary/aromatic N) is 2. The monoisotopic (exact) mass is 266 g/mol. The largest absolute Gasteiger partial charge is 0.469 e. The van der Waals surface area contributed by atoms with E-state index in [1.165, 1.54) is 18.4 Å². The van der Waals surface area contributed by atoms with Crippen LogP contribution in [0.2, 0.25) is 0 Å². The second-order valence-corrected chi connectivity index (χ2v) is 4.90. The highest BCUT2D eigenvalue weighted by molar-refractivity contribution is 7.17. The highest BCUT2D eigenvalue weighted by Gasteiger charge is 2.08. The van der Waals surface area contributed by atoms with Gasteiger partial charge < -0.3 is 4.74 Å². The van der Waals surface area contributed by atoms with Gasteiger partial charge in [0.1, 0.15) is 4.70 Å². The average Bonchev–Trinajstić information content (AvgIpc) is 2.74. The third-order valence-corrected chi connectivity index (χ3v) is 3.81. The molecule has 0 saturated heterocycles. The summed E-state index contributed by atoms with van der Waals surface area (Å²) in [5.41, 5.74) is 1.76. The van der Waals surface area contributed by atoms with E-state index < -0.39 is 0 Å². The molecule has 0 radical (unpaired) electrons. The molecule has 2 aromatic rings. The van der Waals surface area contributed by atoms with Crippen molar-refractivity contribution >= 4 is 27.5 Å². The van der Waals surface area contributed by atoms with Crippen molar-refractivity contribution < 1.29 is 9.53 Å². The first-order valence-corrected chi connectivity index (χ1v) is 6.51. The molecule has 0 aliphatic rings. The zero-order chi connectivity index (χ0) is 13.1. The first-order chi connectivity index (χ1) is 8.63.